The van der Waals surface area contributed by atoms with E-state index in [1.54, 1.807) is 12.3 Å². The first kappa shape index (κ1) is 16.4. The highest BCUT2D eigenvalue weighted by Gasteiger charge is 2.11. The second-order valence-corrected chi connectivity index (χ2v) is 5.67. The molecule has 0 spiro atoms. The fourth-order valence-corrected chi connectivity index (χ4v) is 2.40. The van der Waals surface area contributed by atoms with E-state index >= 15 is 0 Å². The van der Waals surface area contributed by atoms with Crippen LogP contribution < -0.4 is 5.43 Å². The van der Waals surface area contributed by atoms with Gasteiger partial charge in [-0.3, -0.25) is 9.89 Å². The van der Waals surface area contributed by atoms with Gasteiger partial charge in [0.1, 0.15) is 11.4 Å². The highest BCUT2D eigenvalue weighted by atomic mass is 16.2. The van der Waals surface area contributed by atoms with Gasteiger partial charge in [0.15, 0.2) is 0 Å². The molecule has 2 N–H and O–H groups in total. The van der Waals surface area contributed by atoms with Crippen molar-refractivity contribution in [3.05, 3.63) is 71.6 Å². The van der Waals surface area contributed by atoms with Crippen LogP contribution in [-0.2, 0) is 7.05 Å². The minimum absolute atomic E-state index is 0.336. The number of amides is 1. The molecule has 1 amide bonds. The summed E-state index contributed by atoms with van der Waals surface area (Å²) in [4.78, 5) is 12.1. The maximum absolute atomic E-state index is 12.1. The molecule has 126 valence electrons. The minimum atomic E-state index is -0.336. The number of rotatable bonds is 5. The molecule has 2 aromatic heterocycles. The average Bonchev–Trinajstić information content (AvgIpc) is 3.24. The quantitative estimate of drug-likeness (QED) is 0.555. The molecule has 3 aromatic rings. The van der Waals surface area contributed by atoms with Crippen molar-refractivity contribution in [3.8, 4) is 11.4 Å². The van der Waals surface area contributed by atoms with Gasteiger partial charge in [0.25, 0.3) is 5.91 Å². The number of aromatic nitrogens is 3. The molecule has 2 heterocycles. The van der Waals surface area contributed by atoms with E-state index in [9.17, 15) is 4.79 Å². The Bertz CT molecular complexity index is 918. The normalized spacial score (nSPS) is 11.8. The summed E-state index contributed by atoms with van der Waals surface area (Å²) in [5.41, 5.74) is 6.51. The van der Waals surface area contributed by atoms with Crippen LogP contribution >= 0.6 is 0 Å². The largest absolute Gasteiger partial charge is 0.349 e. The zero-order chi connectivity index (χ0) is 17.6. The maximum atomic E-state index is 12.1. The van der Waals surface area contributed by atoms with Crippen LogP contribution in [0.1, 0.15) is 23.0 Å². The predicted molar refractivity (Wildman–Crippen MR) is 99.0 cm³/mol. The number of aromatic amines is 1. The second kappa shape index (κ2) is 7.44. The molecule has 0 radical (unpaired) electrons. The number of benzene rings is 1. The first-order valence-corrected chi connectivity index (χ1v) is 7.87. The van der Waals surface area contributed by atoms with Crippen LogP contribution in [0.2, 0.25) is 0 Å². The van der Waals surface area contributed by atoms with Crippen molar-refractivity contribution in [3.63, 3.8) is 0 Å². The Hall–Kier alpha value is -3.41. The number of hydrogen-bond donors (Lipinski definition) is 2. The molecule has 0 aliphatic carbocycles. The van der Waals surface area contributed by atoms with Gasteiger partial charge in [-0.15, -0.1) is 0 Å². The molecular weight excluding hydrogens is 314 g/mol. The zero-order valence-electron chi connectivity index (χ0n) is 14.1. The number of carbonyl (C=O) groups excluding carboxylic acids is 1. The summed E-state index contributed by atoms with van der Waals surface area (Å²) >= 11 is 0. The molecule has 0 bridgehead atoms. The van der Waals surface area contributed by atoms with Crippen molar-refractivity contribution in [2.45, 2.75) is 6.92 Å². The molecule has 25 heavy (non-hydrogen) atoms. The Labute approximate surface area is 145 Å². The lowest BCUT2D eigenvalue weighted by atomic mass is 10.1. The number of hydrogen-bond acceptors (Lipinski definition) is 3. The Morgan fingerprint density at radius 3 is 2.76 bits per heavy atom. The number of carbonyl (C=O) groups is 1. The van der Waals surface area contributed by atoms with Crippen molar-refractivity contribution in [1.29, 1.82) is 0 Å². The van der Waals surface area contributed by atoms with Crippen LogP contribution in [-0.4, -0.2) is 26.9 Å². The molecule has 6 nitrogen and oxygen atoms in total. The number of allylic oxidation sites excluding steroid dienone is 1. The van der Waals surface area contributed by atoms with Gasteiger partial charge < -0.3 is 4.57 Å². The van der Waals surface area contributed by atoms with E-state index in [2.05, 4.69) is 20.7 Å². The Kier molecular flexibility index (Phi) is 4.89. The lowest BCUT2D eigenvalue weighted by Gasteiger charge is -1.97. The lowest BCUT2D eigenvalue weighted by Crippen LogP contribution is -2.17. The zero-order valence-corrected chi connectivity index (χ0v) is 14.1. The van der Waals surface area contributed by atoms with Gasteiger partial charge in [0.2, 0.25) is 0 Å². The third-order valence-corrected chi connectivity index (χ3v) is 3.66. The standard InChI is InChI=1S/C19H19N5O/c1-14(11-15-7-4-3-5-8-15)13-20-23-19(25)17-12-16(21-22-17)18-9-6-10-24(18)2/h3-13H,1-2H3,(H,21,22)(H,23,25)/b14-11+,20-13-. The van der Waals surface area contributed by atoms with Crippen LogP contribution in [0.3, 0.4) is 0 Å². The number of hydrazone groups is 1. The Morgan fingerprint density at radius 2 is 2.04 bits per heavy atom. The van der Waals surface area contributed by atoms with Gasteiger partial charge in [-0.1, -0.05) is 36.4 Å². The summed E-state index contributed by atoms with van der Waals surface area (Å²) in [5.74, 6) is -0.336. The first-order chi connectivity index (χ1) is 12.1. The first-order valence-electron chi connectivity index (χ1n) is 7.87. The average molecular weight is 333 g/mol. The number of aryl methyl sites for hydroxylation is 1. The third kappa shape index (κ3) is 4.11. The van der Waals surface area contributed by atoms with Crippen LogP contribution in [0.15, 0.2) is 65.4 Å². The number of nitrogens with one attached hydrogen (secondary N) is 2. The van der Waals surface area contributed by atoms with Gasteiger partial charge in [-0.2, -0.15) is 10.2 Å². The molecule has 0 fully saturated rings. The summed E-state index contributed by atoms with van der Waals surface area (Å²) in [6.45, 7) is 1.92. The van der Waals surface area contributed by atoms with Gasteiger partial charge in [0, 0.05) is 13.2 Å². The summed E-state index contributed by atoms with van der Waals surface area (Å²) < 4.78 is 1.94. The van der Waals surface area contributed by atoms with E-state index in [4.69, 9.17) is 0 Å². The molecule has 0 aliphatic heterocycles. The van der Waals surface area contributed by atoms with Crippen molar-refractivity contribution >= 4 is 18.2 Å². The van der Waals surface area contributed by atoms with E-state index in [1.807, 2.05) is 73.3 Å². The van der Waals surface area contributed by atoms with Crippen LogP contribution in [0.25, 0.3) is 17.5 Å². The van der Waals surface area contributed by atoms with Crippen LogP contribution in [0, 0.1) is 0 Å². The van der Waals surface area contributed by atoms with E-state index in [0.717, 1.165) is 16.8 Å². The monoisotopic (exact) mass is 333 g/mol. The molecule has 1 aromatic carbocycles. The molecule has 6 heteroatoms. The molecule has 0 unspecified atom stereocenters. The fourth-order valence-electron chi connectivity index (χ4n) is 2.40. The summed E-state index contributed by atoms with van der Waals surface area (Å²) in [6, 6.07) is 15.5. The molecule has 0 saturated carbocycles. The molecule has 0 aliphatic rings. The lowest BCUT2D eigenvalue weighted by molar-refractivity contribution is 0.0950. The molecule has 0 atom stereocenters. The van der Waals surface area contributed by atoms with E-state index < -0.39 is 0 Å². The number of H-pyrrole nitrogens is 1. The molecular formula is C19H19N5O. The summed E-state index contributed by atoms with van der Waals surface area (Å²) in [7, 11) is 1.93. The SMILES string of the molecule is CC(/C=N\NC(=O)c1cc(-c2cccn2C)n[nH]1)=C\c1ccccc1. The predicted octanol–water partition coefficient (Wildman–Crippen LogP) is 3.23. The Balaban J connectivity index is 1.62. The smallest absolute Gasteiger partial charge is 0.289 e. The van der Waals surface area contributed by atoms with E-state index in [0.29, 0.717) is 11.4 Å². The van der Waals surface area contributed by atoms with Gasteiger partial charge in [-0.25, -0.2) is 5.43 Å². The van der Waals surface area contributed by atoms with Crippen molar-refractivity contribution in [2.75, 3.05) is 0 Å². The maximum Gasteiger partial charge on any atom is 0.289 e. The van der Waals surface area contributed by atoms with Crippen molar-refractivity contribution in [1.82, 2.24) is 20.2 Å². The van der Waals surface area contributed by atoms with Crippen LogP contribution in [0.5, 0.6) is 0 Å². The van der Waals surface area contributed by atoms with Crippen molar-refractivity contribution < 1.29 is 4.79 Å². The summed E-state index contributed by atoms with van der Waals surface area (Å²) in [5, 5.41) is 10.9. The fraction of sp³-hybridized carbons (Fsp3) is 0.105. The second-order valence-electron chi connectivity index (χ2n) is 5.67. The van der Waals surface area contributed by atoms with Crippen LogP contribution in [0.4, 0.5) is 0 Å². The summed E-state index contributed by atoms with van der Waals surface area (Å²) in [6.07, 6.45) is 5.52. The molecule has 0 saturated heterocycles. The van der Waals surface area contributed by atoms with Gasteiger partial charge in [-0.05, 0) is 36.3 Å². The van der Waals surface area contributed by atoms with Gasteiger partial charge in [0.05, 0.1) is 11.9 Å². The number of nitrogens with zero attached hydrogens (tertiary/aromatic N) is 3. The topological polar surface area (TPSA) is 75.1 Å². The van der Waals surface area contributed by atoms with Gasteiger partial charge >= 0.3 is 0 Å². The highest BCUT2D eigenvalue weighted by molar-refractivity contribution is 5.94. The molecule has 3 rings (SSSR count). The minimum Gasteiger partial charge on any atom is -0.349 e. The van der Waals surface area contributed by atoms with E-state index in [1.165, 1.54) is 0 Å². The Morgan fingerprint density at radius 1 is 1.24 bits per heavy atom. The van der Waals surface area contributed by atoms with Crippen molar-refractivity contribution in [2.24, 2.45) is 12.1 Å². The van der Waals surface area contributed by atoms with E-state index in [-0.39, 0.29) is 5.91 Å². The highest BCUT2D eigenvalue weighted by Crippen LogP contribution is 2.17. The third-order valence-electron chi connectivity index (χ3n) is 3.66.